The summed E-state index contributed by atoms with van der Waals surface area (Å²) < 4.78 is 13.5. The van der Waals surface area contributed by atoms with Crippen molar-refractivity contribution < 1.29 is 14.3 Å². The zero-order valence-electron chi connectivity index (χ0n) is 20.0. The molecule has 0 aliphatic rings. The monoisotopic (exact) mass is 510 g/mol. The highest BCUT2D eigenvalue weighted by molar-refractivity contribution is 6.30. The van der Waals surface area contributed by atoms with Gasteiger partial charge in [-0.05, 0) is 49.2 Å². The number of nitrogens with zero attached hydrogens (tertiary/aromatic N) is 4. The molecule has 0 saturated carbocycles. The van der Waals surface area contributed by atoms with E-state index in [-0.39, 0.29) is 18.0 Å². The van der Waals surface area contributed by atoms with Crippen LogP contribution in [0.4, 0.5) is 5.95 Å². The van der Waals surface area contributed by atoms with Gasteiger partial charge in [0, 0.05) is 18.1 Å². The molecule has 2 heterocycles. The van der Waals surface area contributed by atoms with Gasteiger partial charge in [-0.1, -0.05) is 29.8 Å². The maximum absolute atomic E-state index is 13.0. The molecule has 0 atom stereocenters. The second-order valence-electron chi connectivity index (χ2n) is 8.06. The van der Waals surface area contributed by atoms with Gasteiger partial charge in [-0.15, -0.1) is 0 Å². The normalized spacial score (nSPS) is 10.9. The van der Waals surface area contributed by atoms with E-state index in [2.05, 4.69) is 20.7 Å². The number of carbonyl (C=O) groups is 1. The number of anilines is 1. The summed E-state index contributed by atoms with van der Waals surface area (Å²) in [5.74, 6) is 1.61. The minimum atomic E-state index is -0.341. The molecule has 0 unspecified atom stereocenters. The lowest BCUT2D eigenvalue weighted by Crippen LogP contribution is -2.34. The zero-order valence-corrected chi connectivity index (χ0v) is 20.8. The van der Waals surface area contributed by atoms with Gasteiger partial charge in [-0.2, -0.15) is 9.61 Å². The summed E-state index contributed by atoms with van der Waals surface area (Å²) in [6.07, 6.45) is 1.95. The van der Waals surface area contributed by atoms with Crippen LogP contribution in [0.25, 0.3) is 5.52 Å². The molecule has 0 aliphatic heterocycles. The molecule has 1 amide bonds. The fourth-order valence-corrected chi connectivity index (χ4v) is 3.77. The molecule has 11 heteroatoms. The number of rotatable bonds is 11. The highest BCUT2D eigenvalue weighted by atomic mass is 35.5. The summed E-state index contributed by atoms with van der Waals surface area (Å²) in [4.78, 5) is 29.8. The van der Waals surface area contributed by atoms with Gasteiger partial charge in [0.05, 0.1) is 19.4 Å². The van der Waals surface area contributed by atoms with Gasteiger partial charge >= 0.3 is 0 Å². The van der Waals surface area contributed by atoms with Crippen LogP contribution in [0.15, 0.2) is 59.7 Å². The standard InChI is InChI=1S/C25H27ClN6O4/c1-17-23-24(34)31(15-22(33)27-11-4-12-36-21-6-3-5-19(26)13-21)16-29-32(23)25(30-17)28-14-18-7-9-20(35-2)10-8-18/h3,5-10,13,16H,4,11-12,14-15H2,1-2H3,(H,27,33)(H,28,30). The van der Waals surface area contributed by atoms with E-state index in [4.69, 9.17) is 21.1 Å². The summed E-state index contributed by atoms with van der Waals surface area (Å²) in [7, 11) is 1.62. The Bertz CT molecular complexity index is 1400. The summed E-state index contributed by atoms with van der Waals surface area (Å²) in [6.45, 7) is 2.93. The largest absolute Gasteiger partial charge is 0.497 e. The van der Waals surface area contributed by atoms with Crippen LogP contribution in [0.2, 0.25) is 5.02 Å². The van der Waals surface area contributed by atoms with Gasteiger partial charge in [0.15, 0.2) is 5.52 Å². The zero-order chi connectivity index (χ0) is 25.5. The molecule has 2 N–H and O–H groups in total. The maximum atomic E-state index is 13.0. The number of imidazole rings is 1. The van der Waals surface area contributed by atoms with Gasteiger partial charge in [0.1, 0.15) is 24.4 Å². The number of halogens is 1. The average molecular weight is 511 g/mol. The van der Waals surface area contributed by atoms with Crippen LogP contribution < -0.4 is 25.7 Å². The second kappa shape index (κ2) is 11.6. The first kappa shape index (κ1) is 25.1. The van der Waals surface area contributed by atoms with Gasteiger partial charge in [0.2, 0.25) is 11.9 Å². The maximum Gasteiger partial charge on any atom is 0.280 e. The van der Waals surface area contributed by atoms with Crippen LogP contribution >= 0.6 is 11.6 Å². The van der Waals surface area contributed by atoms with Gasteiger partial charge in [-0.3, -0.25) is 14.2 Å². The lowest BCUT2D eigenvalue weighted by molar-refractivity contribution is -0.121. The van der Waals surface area contributed by atoms with Crippen LogP contribution in [0, 0.1) is 6.92 Å². The summed E-state index contributed by atoms with van der Waals surface area (Å²) >= 11 is 5.93. The Kier molecular flexibility index (Phi) is 8.06. The van der Waals surface area contributed by atoms with Crippen molar-refractivity contribution in [2.75, 3.05) is 25.6 Å². The number of aryl methyl sites for hydroxylation is 1. The molecule has 4 rings (SSSR count). The number of carbonyl (C=O) groups excluding carboxylic acids is 1. The molecule has 2 aromatic carbocycles. The Hall–Kier alpha value is -4.05. The fraction of sp³-hybridized carbons (Fsp3) is 0.280. The first-order chi connectivity index (χ1) is 17.4. The van der Waals surface area contributed by atoms with Crippen molar-refractivity contribution in [1.29, 1.82) is 0 Å². The molecule has 4 aromatic rings. The first-order valence-corrected chi connectivity index (χ1v) is 11.8. The number of ether oxygens (including phenoxy) is 2. The number of fused-ring (bicyclic) bond motifs is 1. The number of amides is 1. The van der Waals surface area contributed by atoms with Crippen LogP contribution in [-0.4, -0.2) is 45.3 Å². The first-order valence-electron chi connectivity index (χ1n) is 11.4. The Balaban J connectivity index is 1.32. The molecule has 0 aliphatic carbocycles. The minimum Gasteiger partial charge on any atom is -0.497 e. The Morgan fingerprint density at radius 1 is 1.14 bits per heavy atom. The van der Waals surface area contributed by atoms with E-state index in [9.17, 15) is 9.59 Å². The van der Waals surface area contributed by atoms with E-state index in [1.807, 2.05) is 36.4 Å². The third-order valence-electron chi connectivity index (χ3n) is 5.43. The fourth-order valence-electron chi connectivity index (χ4n) is 3.59. The third kappa shape index (κ3) is 6.14. The number of hydrogen-bond donors (Lipinski definition) is 2. The average Bonchev–Trinajstić information content (AvgIpc) is 3.20. The Morgan fingerprint density at radius 2 is 1.94 bits per heavy atom. The molecule has 0 bridgehead atoms. The lowest BCUT2D eigenvalue weighted by Gasteiger charge is -2.09. The van der Waals surface area contributed by atoms with E-state index in [1.54, 1.807) is 26.2 Å². The van der Waals surface area contributed by atoms with Crippen molar-refractivity contribution in [1.82, 2.24) is 24.5 Å². The highest BCUT2D eigenvalue weighted by Gasteiger charge is 2.15. The molecular formula is C25H27ClN6O4. The van der Waals surface area contributed by atoms with E-state index < -0.39 is 0 Å². The Morgan fingerprint density at radius 3 is 2.69 bits per heavy atom. The van der Waals surface area contributed by atoms with Crippen molar-refractivity contribution >= 4 is 29.0 Å². The van der Waals surface area contributed by atoms with Gasteiger partial charge in [-0.25, -0.2) is 4.98 Å². The van der Waals surface area contributed by atoms with Gasteiger partial charge in [0.25, 0.3) is 5.56 Å². The van der Waals surface area contributed by atoms with Crippen molar-refractivity contribution in [3.8, 4) is 11.5 Å². The number of aromatic nitrogens is 4. The van der Waals surface area contributed by atoms with Crippen molar-refractivity contribution in [3.63, 3.8) is 0 Å². The van der Waals surface area contributed by atoms with Crippen LogP contribution in [0.1, 0.15) is 17.7 Å². The molecule has 0 spiro atoms. The van der Waals surface area contributed by atoms with E-state index in [0.29, 0.717) is 54.0 Å². The minimum absolute atomic E-state index is 0.142. The van der Waals surface area contributed by atoms with Crippen LogP contribution in [-0.2, 0) is 17.9 Å². The van der Waals surface area contributed by atoms with Gasteiger partial charge < -0.3 is 20.1 Å². The molecule has 10 nitrogen and oxygen atoms in total. The quantitative estimate of drug-likeness (QED) is 0.298. The summed E-state index contributed by atoms with van der Waals surface area (Å²) in [5, 5.41) is 10.9. The molecular weight excluding hydrogens is 484 g/mol. The van der Waals surface area contributed by atoms with Crippen molar-refractivity contribution in [2.24, 2.45) is 0 Å². The summed E-state index contributed by atoms with van der Waals surface area (Å²) in [6, 6.07) is 14.8. The smallest absolute Gasteiger partial charge is 0.280 e. The van der Waals surface area contributed by atoms with Crippen LogP contribution in [0.5, 0.6) is 11.5 Å². The Labute approximate surface area is 212 Å². The molecule has 0 radical (unpaired) electrons. The number of hydrogen-bond acceptors (Lipinski definition) is 7. The van der Waals surface area contributed by atoms with Crippen molar-refractivity contribution in [2.45, 2.75) is 26.4 Å². The lowest BCUT2D eigenvalue weighted by atomic mass is 10.2. The molecule has 2 aromatic heterocycles. The molecule has 0 saturated heterocycles. The molecule has 188 valence electrons. The number of nitrogens with one attached hydrogen (secondary N) is 2. The predicted molar refractivity (Wildman–Crippen MR) is 137 cm³/mol. The SMILES string of the molecule is COc1ccc(CNc2nc(C)c3c(=O)n(CC(=O)NCCCOc4cccc(Cl)c4)cnn23)cc1. The predicted octanol–water partition coefficient (Wildman–Crippen LogP) is 3.06. The summed E-state index contributed by atoms with van der Waals surface area (Å²) in [5.41, 5.74) is 1.52. The highest BCUT2D eigenvalue weighted by Crippen LogP contribution is 2.17. The van der Waals surface area contributed by atoms with E-state index >= 15 is 0 Å². The van der Waals surface area contributed by atoms with E-state index in [1.165, 1.54) is 15.4 Å². The second-order valence-corrected chi connectivity index (χ2v) is 8.49. The molecule has 36 heavy (non-hydrogen) atoms. The number of benzene rings is 2. The topological polar surface area (TPSA) is 112 Å². The van der Waals surface area contributed by atoms with Crippen LogP contribution in [0.3, 0.4) is 0 Å². The van der Waals surface area contributed by atoms with E-state index in [0.717, 1.165) is 11.3 Å². The number of methoxy groups -OCH3 is 1. The molecule has 0 fully saturated rings. The van der Waals surface area contributed by atoms with Crippen molar-refractivity contribution in [3.05, 3.63) is 81.5 Å². The third-order valence-corrected chi connectivity index (χ3v) is 5.67.